The monoisotopic (exact) mass is 82.0 g/mol. The Hall–Kier alpha value is 0.480. The smallest absolute Gasteiger partial charge is 0.0817 e. The van der Waals surface area contributed by atoms with Crippen LogP contribution in [-0.2, 0) is 0 Å². The zero-order valence-corrected chi connectivity index (χ0v) is 3.78. The van der Waals surface area contributed by atoms with Crippen LogP contribution in [0.1, 0.15) is 0 Å². The van der Waals surface area contributed by atoms with Crippen LogP contribution in [0.5, 0.6) is 0 Å². The third-order valence-electron chi connectivity index (χ3n) is 0.736. The third kappa shape index (κ3) is 0.656. The second kappa shape index (κ2) is 1.29. The first-order valence-corrected chi connectivity index (χ1v) is 2.26. The Bertz CT molecular complexity index is 34.6. The molecule has 1 unspecified atom stereocenters. The molecule has 2 radical (unpaired) electrons. The number of hydrogen-bond acceptors (Lipinski definition) is 1. The summed E-state index contributed by atoms with van der Waals surface area (Å²) in [5, 5.41) is 0.579. The lowest BCUT2D eigenvalue weighted by Crippen LogP contribution is -2.30. The lowest BCUT2D eigenvalue weighted by Gasteiger charge is -2.15. The summed E-state index contributed by atoms with van der Waals surface area (Å²) in [7, 11) is 4.21. The van der Waals surface area contributed by atoms with Crippen LogP contribution in [0.25, 0.3) is 0 Å². The summed E-state index contributed by atoms with van der Waals surface area (Å²) in [6, 6.07) is 0. The summed E-state index contributed by atoms with van der Waals surface area (Å²) < 4.78 is 0. The van der Waals surface area contributed by atoms with Gasteiger partial charge in [-0.1, -0.05) is 6.32 Å². The van der Waals surface area contributed by atoms with Crippen LogP contribution >= 0.6 is 12.6 Å². The summed E-state index contributed by atoms with van der Waals surface area (Å²) in [6.45, 7) is 0. The van der Waals surface area contributed by atoms with E-state index in [1.54, 1.807) is 0 Å². The van der Waals surface area contributed by atoms with E-state index in [4.69, 9.17) is 0 Å². The molecule has 0 amide bonds. The van der Waals surface area contributed by atoms with E-state index in [0.29, 0.717) is 5.15 Å². The van der Waals surface area contributed by atoms with Gasteiger partial charge in [-0.15, -0.1) is 0 Å². The van der Waals surface area contributed by atoms with Crippen LogP contribution in [0.2, 0.25) is 6.32 Å². The molecular weight excluding hydrogens is 77.7 g/mol. The minimum absolute atomic E-state index is 0.579. The van der Waals surface area contributed by atoms with Crippen LogP contribution < -0.4 is 0 Å². The normalized spacial score (nSPS) is 33.4. The van der Waals surface area contributed by atoms with Crippen molar-refractivity contribution in [3.63, 3.8) is 0 Å². The molecule has 0 spiro atoms. The number of thiol groups is 1. The molecule has 0 aromatic carbocycles. The van der Waals surface area contributed by atoms with Gasteiger partial charge in [-0.05, 0) is 5.15 Å². The van der Waals surface area contributed by atoms with Gasteiger partial charge in [-0.3, -0.25) is 0 Å². The zero-order valence-electron chi connectivity index (χ0n) is 2.89. The number of rotatable bonds is 0. The minimum atomic E-state index is 0.579. The summed E-state index contributed by atoms with van der Waals surface area (Å²) in [6.07, 6.45) is 1.17. The molecule has 1 rings (SSSR count). The quantitative estimate of drug-likeness (QED) is 0.308. The van der Waals surface area contributed by atoms with Crippen molar-refractivity contribution in [3.8, 4) is 0 Å². The maximum Gasteiger partial charge on any atom is 0.0817 e. The van der Waals surface area contributed by atoms with Crippen LogP contribution in [0.3, 0.4) is 0 Å². The second-order valence-electron chi connectivity index (χ2n) is 1.23. The van der Waals surface area contributed by atoms with E-state index in [2.05, 4.69) is 27.0 Å². The van der Waals surface area contributed by atoms with Crippen LogP contribution in [0.4, 0.5) is 0 Å². The fraction of sp³-hybridized carbons (Fsp3) is 1.00. The van der Waals surface area contributed by atoms with E-state index in [1.165, 1.54) is 6.32 Å². The van der Waals surface area contributed by atoms with Gasteiger partial charge in [-0.25, -0.2) is 0 Å². The Balaban J connectivity index is 2.08. The predicted octanol–water partition coefficient (Wildman–Crippen LogP) is -0.00240. The fourth-order valence-corrected chi connectivity index (χ4v) is 0.501. The van der Waals surface area contributed by atoms with Crippen molar-refractivity contribution in [1.82, 2.24) is 0 Å². The van der Waals surface area contributed by atoms with Gasteiger partial charge in [0.05, 0.1) is 14.3 Å². The Morgan fingerprint density at radius 1 is 1.80 bits per heavy atom. The van der Waals surface area contributed by atoms with Crippen molar-refractivity contribution in [3.05, 3.63) is 0 Å². The summed E-state index contributed by atoms with van der Waals surface area (Å²) >= 11 is 4.10. The van der Waals surface area contributed by atoms with Crippen LogP contribution in [0.15, 0.2) is 0 Å². The highest BCUT2D eigenvalue weighted by molar-refractivity contribution is 7.84. The first kappa shape index (κ1) is 3.66. The molecule has 1 aliphatic rings. The van der Waals surface area contributed by atoms with Crippen LogP contribution in [0, 0.1) is 0 Å². The SMILES string of the molecule is SC1[B][B]C1. The van der Waals surface area contributed by atoms with Crippen molar-refractivity contribution < 1.29 is 0 Å². The van der Waals surface area contributed by atoms with Crippen molar-refractivity contribution >= 4 is 27.0 Å². The van der Waals surface area contributed by atoms with Crippen LogP contribution in [-0.4, -0.2) is 19.5 Å². The average molecular weight is 81.7 g/mol. The van der Waals surface area contributed by atoms with Crippen molar-refractivity contribution in [1.29, 1.82) is 0 Å². The van der Waals surface area contributed by atoms with E-state index >= 15 is 0 Å². The summed E-state index contributed by atoms with van der Waals surface area (Å²) in [5.74, 6) is 0. The molecule has 0 N–H and O–H groups in total. The number of hydrogen-bond donors (Lipinski definition) is 1. The summed E-state index contributed by atoms with van der Waals surface area (Å²) in [4.78, 5) is 0. The maximum absolute atomic E-state index is 4.10. The maximum atomic E-state index is 4.10. The van der Waals surface area contributed by atoms with E-state index in [0.717, 1.165) is 0 Å². The molecule has 0 saturated carbocycles. The molecule has 1 fully saturated rings. The Morgan fingerprint density at radius 3 is 2.20 bits per heavy atom. The van der Waals surface area contributed by atoms with Crippen molar-refractivity contribution in [2.45, 2.75) is 11.5 Å². The van der Waals surface area contributed by atoms with Gasteiger partial charge in [0.1, 0.15) is 0 Å². The molecule has 3 heteroatoms. The molecule has 1 aliphatic heterocycles. The van der Waals surface area contributed by atoms with Gasteiger partial charge in [-0.2, -0.15) is 12.6 Å². The molecule has 5 heavy (non-hydrogen) atoms. The van der Waals surface area contributed by atoms with Gasteiger partial charge in [0.15, 0.2) is 0 Å². The minimum Gasteiger partial charge on any atom is -0.186 e. The summed E-state index contributed by atoms with van der Waals surface area (Å²) in [5.41, 5.74) is 0. The van der Waals surface area contributed by atoms with Gasteiger partial charge in [0, 0.05) is 0 Å². The highest BCUT2D eigenvalue weighted by atomic mass is 32.1. The molecule has 1 saturated heterocycles. The molecule has 0 bridgehead atoms. The molecule has 24 valence electrons. The highest BCUT2D eigenvalue weighted by Gasteiger charge is 2.13. The lowest BCUT2D eigenvalue weighted by atomic mass is 9.24. The molecular formula is C2H4B2S. The Morgan fingerprint density at radius 2 is 2.20 bits per heavy atom. The molecule has 0 nitrogen and oxygen atoms in total. The Kier molecular flexibility index (Phi) is 0.946. The second-order valence-corrected chi connectivity index (χ2v) is 1.89. The topological polar surface area (TPSA) is 0 Å². The molecule has 0 aromatic heterocycles. The van der Waals surface area contributed by atoms with E-state index in [-0.39, 0.29) is 0 Å². The molecule has 0 aliphatic carbocycles. The van der Waals surface area contributed by atoms with Crippen molar-refractivity contribution in [2.75, 3.05) is 0 Å². The van der Waals surface area contributed by atoms with Gasteiger partial charge in [0.25, 0.3) is 0 Å². The van der Waals surface area contributed by atoms with E-state index < -0.39 is 0 Å². The molecule has 1 heterocycles. The van der Waals surface area contributed by atoms with Gasteiger partial charge < -0.3 is 0 Å². The zero-order chi connectivity index (χ0) is 3.70. The van der Waals surface area contributed by atoms with E-state index in [1.807, 2.05) is 0 Å². The highest BCUT2D eigenvalue weighted by Crippen LogP contribution is 2.06. The van der Waals surface area contributed by atoms with Crippen molar-refractivity contribution in [2.24, 2.45) is 0 Å². The molecule has 1 atom stereocenters. The predicted molar refractivity (Wildman–Crippen MR) is 29.1 cm³/mol. The molecule has 0 aromatic rings. The van der Waals surface area contributed by atoms with Gasteiger partial charge in [0.2, 0.25) is 0 Å². The average Bonchev–Trinajstić information content (AvgIpc) is 1.30. The fourth-order valence-electron chi connectivity index (χ4n) is 0.258. The standard InChI is InChI=1S/C2H4B2S/c5-2-1-3-4-2/h2,5H,1H2. The first-order valence-electron chi connectivity index (χ1n) is 1.74. The van der Waals surface area contributed by atoms with E-state index in [9.17, 15) is 0 Å². The van der Waals surface area contributed by atoms with Gasteiger partial charge >= 0.3 is 0 Å². The largest absolute Gasteiger partial charge is 0.186 e. The third-order valence-corrected chi connectivity index (χ3v) is 1.12. The first-order chi connectivity index (χ1) is 2.39. The Labute approximate surface area is 39.2 Å². The lowest BCUT2D eigenvalue weighted by molar-refractivity contribution is 1.34.